The molecule has 1 amide bonds. The summed E-state index contributed by atoms with van der Waals surface area (Å²) < 4.78 is 1.80. The third-order valence-electron chi connectivity index (χ3n) is 3.55. The summed E-state index contributed by atoms with van der Waals surface area (Å²) in [5.74, 6) is -0.149. The zero-order valence-electron chi connectivity index (χ0n) is 13.4. The van der Waals surface area contributed by atoms with Gasteiger partial charge < -0.3 is 5.32 Å². The van der Waals surface area contributed by atoms with Gasteiger partial charge in [0.05, 0.1) is 23.5 Å². The molecule has 3 aromatic heterocycles. The van der Waals surface area contributed by atoms with Gasteiger partial charge >= 0.3 is 0 Å². The van der Waals surface area contributed by atoms with Crippen molar-refractivity contribution in [3.63, 3.8) is 0 Å². The molecule has 24 heavy (non-hydrogen) atoms. The van der Waals surface area contributed by atoms with Crippen LogP contribution in [0, 0.1) is 0 Å². The van der Waals surface area contributed by atoms with Crippen molar-refractivity contribution in [2.75, 3.05) is 6.26 Å². The van der Waals surface area contributed by atoms with E-state index in [1.165, 1.54) is 11.8 Å². The van der Waals surface area contributed by atoms with Crippen LogP contribution in [-0.2, 0) is 13.6 Å². The molecule has 0 atom stereocenters. The number of aryl methyl sites for hydroxylation is 1. The largest absolute Gasteiger partial charge is 0.346 e. The fourth-order valence-corrected chi connectivity index (χ4v) is 2.95. The Morgan fingerprint density at radius 2 is 2.04 bits per heavy atom. The van der Waals surface area contributed by atoms with Gasteiger partial charge in [0.2, 0.25) is 0 Å². The Labute approximate surface area is 144 Å². The number of amides is 1. The van der Waals surface area contributed by atoms with Crippen molar-refractivity contribution in [3.05, 3.63) is 60.2 Å². The Bertz CT molecular complexity index is 847. The van der Waals surface area contributed by atoms with Gasteiger partial charge in [0.25, 0.3) is 5.91 Å². The summed E-state index contributed by atoms with van der Waals surface area (Å²) in [6.45, 7) is 0.362. The molecule has 0 saturated heterocycles. The van der Waals surface area contributed by atoms with Gasteiger partial charge in [0.1, 0.15) is 5.03 Å². The Balaban J connectivity index is 1.72. The first kappa shape index (κ1) is 16.2. The molecule has 3 heterocycles. The number of aromatic nitrogens is 4. The predicted molar refractivity (Wildman–Crippen MR) is 93.6 cm³/mol. The molecule has 0 aliphatic carbocycles. The molecule has 0 aliphatic heterocycles. The van der Waals surface area contributed by atoms with E-state index in [0.717, 1.165) is 17.0 Å². The molecule has 0 bridgehead atoms. The molecule has 7 heteroatoms. The summed E-state index contributed by atoms with van der Waals surface area (Å²) in [6, 6.07) is 9.36. The summed E-state index contributed by atoms with van der Waals surface area (Å²) >= 11 is 1.45. The van der Waals surface area contributed by atoms with Gasteiger partial charge in [0, 0.05) is 31.2 Å². The number of thioether (sulfide) groups is 1. The Morgan fingerprint density at radius 1 is 1.25 bits per heavy atom. The highest BCUT2D eigenvalue weighted by atomic mass is 32.2. The van der Waals surface area contributed by atoms with Gasteiger partial charge in [0.15, 0.2) is 0 Å². The second kappa shape index (κ2) is 7.27. The Morgan fingerprint density at radius 3 is 2.79 bits per heavy atom. The molecule has 3 aromatic rings. The maximum Gasteiger partial charge on any atom is 0.254 e. The van der Waals surface area contributed by atoms with Gasteiger partial charge in [-0.15, -0.1) is 11.8 Å². The standard InChI is InChI=1S/C17H17N5OS/c1-22-15(12-5-8-18-9-6-12)10-13(21-22)11-20-16(23)14-4-3-7-19-17(14)24-2/h3-10H,11H2,1-2H3,(H,20,23). The predicted octanol–water partition coefficient (Wildman–Crippen LogP) is 2.53. The second-order valence-corrected chi connectivity index (χ2v) is 5.92. The number of rotatable bonds is 5. The van der Waals surface area contributed by atoms with E-state index in [-0.39, 0.29) is 5.91 Å². The fourth-order valence-electron chi connectivity index (χ4n) is 2.40. The summed E-state index contributed by atoms with van der Waals surface area (Å²) in [5, 5.41) is 8.07. The van der Waals surface area contributed by atoms with E-state index >= 15 is 0 Å². The van der Waals surface area contributed by atoms with Gasteiger partial charge in [-0.1, -0.05) is 0 Å². The SMILES string of the molecule is CSc1ncccc1C(=O)NCc1cc(-c2ccncc2)n(C)n1. The number of pyridine rings is 2. The fraction of sp³-hybridized carbons (Fsp3) is 0.176. The Kier molecular flexibility index (Phi) is 4.90. The molecule has 3 rings (SSSR count). The number of nitrogens with zero attached hydrogens (tertiary/aromatic N) is 4. The van der Waals surface area contributed by atoms with Gasteiger partial charge in [-0.05, 0) is 36.6 Å². The van der Waals surface area contributed by atoms with E-state index in [1.54, 1.807) is 35.4 Å². The molecular weight excluding hydrogens is 322 g/mol. The van der Waals surface area contributed by atoms with Crippen molar-refractivity contribution in [3.8, 4) is 11.3 Å². The van der Waals surface area contributed by atoms with Crippen LogP contribution in [0.15, 0.2) is 53.9 Å². The van der Waals surface area contributed by atoms with Crippen LogP contribution in [0.4, 0.5) is 0 Å². The molecule has 0 radical (unpaired) electrons. The third-order valence-corrected chi connectivity index (χ3v) is 4.26. The first-order valence-electron chi connectivity index (χ1n) is 7.39. The van der Waals surface area contributed by atoms with E-state index in [2.05, 4.69) is 20.4 Å². The molecule has 0 aromatic carbocycles. The molecule has 0 unspecified atom stereocenters. The summed E-state index contributed by atoms with van der Waals surface area (Å²) in [4.78, 5) is 20.6. The van der Waals surface area contributed by atoms with Crippen LogP contribution in [-0.4, -0.2) is 31.9 Å². The monoisotopic (exact) mass is 339 g/mol. The van der Waals surface area contributed by atoms with E-state index in [4.69, 9.17) is 0 Å². The second-order valence-electron chi connectivity index (χ2n) is 5.12. The summed E-state index contributed by atoms with van der Waals surface area (Å²) in [5.41, 5.74) is 3.39. The van der Waals surface area contributed by atoms with Crippen LogP contribution in [0.5, 0.6) is 0 Å². The van der Waals surface area contributed by atoms with Crippen molar-refractivity contribution in [2.24, 2.45) is 7.05 Å². The average Bonchev–Trinajstić information content (AvgIpc) is 3.01. The zero-order chi connectivity index (χ0) is 16.9. The normalized spacial score (nSPS) is 10.6. The first-order chi connectivity index (χ1) is 11.7. The number of carbonyl (C=O) groups is 1. The topological polar surface area (TPSA) is 72.7 Å². The van der Waals surface area contributed by atoms with Gasteiger partial charge in [-0.3, -0.25) is 14.5 Å². The minimum Gasteiger partial charge on any atom is -0.346 e. The van der Waals surface area contributed by atoms with Gasteiger partial charge in [-0.2, -0.15) is 5.10 Å². The van der Waals surface area contributed by atoms with Crippen LogP contribution >= 0.6 is 11.8 Å². The lowest BCUT2D eigenvalue weighted by Gasteiger charge is -2.06. The number of carbonyl (C=O) groups excluding carboxylic acids is 1. The molecule has 1 N–H and O–H groups in total. The van der Waals surface area contributed by atoms with Crippen LogP contribution in [0.2, 0.25) is 0 Å². The Hall–Kier alpha value is -2.67. The van der Waals surface area contributed by atoms with Gasteiger partial charge in [-0.25, -0.2) is 4.98 Å². The molecule has 6 nitrogen and oxygen atoms in total. The molecule has 0 spiro atoms. The van der Waals surface area contributed by atoms with E-state index in [9.17, 15) is 4.79 Å². The van der Waals surface area contributed by atoms with E-state index < -0.39 is 0 Å². The number of hydrogen-bond donors (Lipinski definition) is 1. The van der Waals surface area contributed by atoms with E-state index in [1.807, 2.05) is 31.5 Å². The molecule has 0 saturated carbocycles. The maximum atomic E-state index is 12.4. The molecule has 122 valence electrons. The maximum absolute atomic E-state index is 12.4. The highest BCUT2D eigenvalue weighted by Gasteiger charge is 2.13. The first-order valence-corrected chi connectivity index (χ1v) is 8.62. The van der Waals surface area contributed by atoms with Crippen LogP contribution in [0.3, 0.4) is 0 Å². The highest BCUT2D eigenvalue weighted by molar-refractivity contribution is 7.98. The van der Waals surface area contributed by atoms with E-state index in [0.29, 0.717) is 17.1 Å². The summed E-state index contributed by atoms with van der Waals surface area (Å²) in [6.07, 6.45) is 7.08. The smallest absolute Gasteiger partial charge is 0.254 e. The lowest BCUT2D eigenvalue weighted by Crippen LogP contribution is -2.24. The van der Waals surface area contributed by atoms with Crippen molar-refractivity contribution < 1.29 is 4.79 Å². The average molecular weight is 339 g/mol. The molecule has 0 aliphatic rings. The van der Waals surface area contributed by atoms with Crippen LogP contribution < -0.4 is 5.32 Å². The van der Waals surface area contributed by atoms with Crippen LogP contribution in [0.1, 0.15) is 16.1 Å². The number of nitrogens with one attached hydrogen (secondary N) is 1. The summed E-state index contributed by atoms with van der Waals surface area (Å²) in [7, 11) is 1.88. The van der Waals surface area contributed by atoms with Crippen LogP contribution in [0.25, 0.3) is 11.3 Å². The van der Waals surface area contributed by atoms with Crippen molar-refractivity contribution in [1.29, 1.82) is 0 Å². The third kappa shape index (κ3) is 3.46. The lowest BCUT2D eigenvalue weighted by atomic mass is 10.2. The lowest BCUT2D eigenvalue weighted by molar-refractivity contribution is 0.0946. The van der Waals surface area contributed by atoms with Crippen molar-refractivity contribution in [1.82, 2.24) is 25.1 Å². The quantitative estimate of drug-likeness (QED) is 0.723. The minimum atomic E-state index is -0.149. The molecular formula is C17H17N5OS. The zero-order valence-corrected chi connectivity index (χ0v) is 14.2. The van der Waals surface area contributed by atoms with Crippen molar-refractivity contribution in [2.45, 2.75) is 11.6 Å². The minimum absolute atomic E-state index is 0.149. The highest BCUT2D eigenvalue weighted by Crippen LogP contribution is 2.19. The molecule has 0 fully saturated rings. The number of hydrogen-bond acceptors (Lipinski definition) is 5. The van der Waals surface area contributed by atoms with Crippen molar-refractivity contribution >= 4 is 17.7 Å².